The van der Waals surface area contributed by atoms with Gasteiger partial charge in [-0.3, -0.25) is 24.8 Å². The molecular weight excluding hydrogens is 510 g/mol. The van der Waals surface area contributed by atoms with Crippen LogP contribution in [-0.2, 0) is 0 Å². The summed E-state index contributed by atoms with van der Waals surface area (Å²) in [7, 11) is 2.15. The summed E-state index contributed by atoms with van der Waals surface area (Å²) in [5, 5.41) is 17.3. The molecule has 6 rings (SSSR count). The summed E-state index contributed by atoms with van der Waals surface area (Å²) in [6.45, 7) is 4.12. The van der Waals surface area contributed by atoms with Crippen molar-refractivity contribution in [2.75, 3.05) is 48.8 Å². The van der Waals surface area contributed by atoms with Gasteiger partial charge in [0.15, 0.2) is 5.65 Å². The number of amides is 1. The lowest BCUT2D eigenvalue weighted by atomic mass is 10.2. The summed E-state index contributed by atoms with van der Waals surface area (Å²) < 4.78 is 1.97. The molecule has 1 amide bonds. The van der Waals surface area contributed by atoms with Crippen molar-refractivity contribution in [1.29, 1.82) is 0 Å². The summed E-state index contributed by atoms with van der Waals surface area (Å²) >= 11 is 0. The summed E-state index contributed by atoms with van der Waals surface area (Å²) in [5.41, 5.74) is 3.31. The maximum absolute atomic E-state index is 13.1. The van der Waals surface area contributed by atoms with E-state index >= 15 is 0 Å². The molecule has 0 bridgehead atoms. The van der Waals surface area contributed by atoms with E-state index in [9.17, 15) is 14.9 Å². The molecule has 12 nitrogen and oxygen atoms in total. The van der Waals surface area contributed by atoms with Gasteiger partial charge in [-0.25, -0.2) is 9.97 Å². The number of non-ortho nitro benzene ring substituents is 1. The molecule has 206 valence electrons. The Morgan fingerprint density at radius 1 is 1.02 bits per heavy atom. The maximum Gasteiger partial charge on any atom is 0.270 e. The van der Waals surface area contributed by atoms with Gasteiger partial charge in [-0.2, -0.15) is 4.98 Å². The van der Waals surface area contributed by atoms with E-state index in [4.69, 9.17) is 4.98 Å². The van der Waals surface area contributed by atoms with Crippen LogP contribution in [-0.4, -0.2) is 68.5 Å². The van der Waals surface area contributed by atoms with Crippen LogP contribution in [0.5, 0.6) is 0 Å². The largest absolute Gasteiger partial charge is 0.369 e. The van der Waals surface area contributed by atoms with Crippen molar-refractivity contribution in [3.05, 3.63) is 70.4 Å². The lowest BCUT2D eigenvalue weighted by Gasteiger charge is -2.34. The van der Waals surface area contributed by atoms with Crippen molar-refractivity contribution < 1.29 is 9.72 Å². The smallest absolute Gasteiger partial charge is 0.270 e. The number of hydrogen-bond acceptors (Lipinski definition) is 9. The number of likely N-dealkylation sites (N-methyl/N-ethyl adjacent to an activating group) is 1. The summed E-state index contributed by atoms with van der Waals surface area (Å²) in [4.78, 5) is 42.3. The van der Waals surface area contributed by atoms with Gasteiger partial charge in [0.2, 0.25) is 11.9 Å². The Kier molecular flexibility index (Phi) is 6.99. The topological polar surface area (TPSA) is 134 Å². The average Bonchev–Trinajstić information content (AvgIpc) is 3.61. The number of piperazine rings is 1. The van der Waals surface area contributed by atoms with Gasteiger partial charge in [0.05, 0.1) is 11.1 Å². The molecular formula is C28H31N9O3. The molecule has 0 atom stereocenters. The number of nitro benzene ring substituents is 1. The molecule has 0 unspecified atom stereocenters. The number of nitrogens with zero attached hydrogens (tertiary/aromatic N) is 7. The molecule has 12 heteroatoms. The van der Waals surface area contributed by atoms with E-state index in [0.717, 1.165) is 57.5 Å². The zero-order chi connectivity index (χ0) is 27.6. The van der Waals surface area contributed by atoms with E-state index in [-0.39, 0.29) is 17.3 Å². The van der Waals surface area contributed by atoms with E-state index < -0.39 is 10.8 Å². The van der Waals surface area contributed by atoms with E-state index in [1.54, 1.807) is 12.3 Å². The Morgan fingerprint density at radius 2 is 1.77 bits per heavy atom. The molecule has 1 aliphatic carbocycles. The van der Waals surface area contributed by atoms with Gasteiger partial charge in [-0.05, 0) is 50.2 Å². The molecule has 1 saturated carbocycles. The Balaban J connectivity index is 1.25. The highest BCUT2D eigenvalue weighted by molar-refractivity contribution is 6.04. The number of nitrogens with one attached hydrogen (secondary N) is 2. The number of nitro groups is 1. The summed E-state index contributed by atoms with van der Waals surface area (Å²) in [6, 6.07) is 14.1. The normalized spacial score (nSPS) is 16.4. The Bertz CT molecular complexity index is 1540. The molecule has 3 heterocycles. The van der Waals surface area contributed by atoms with Crippen molar-refractivity contribution >= 4 is 46.0 Å². The quantitative estimate of drug-likeness (QED) is 0.254. The number of aromatic nitrogens is 4. The minimum atomic E-state index is -0.519. The number of rotatable bonds is 7. The van der Waals surface area contributed by atoms with Gasteiger partial charge in [0, 0.05) is 61.3 Å². The summed E-state index contributed by atoms with van der Waals surface area (Å²) in [6.07, 6.45) is 5.71. The molecule has 2 aliphatic rings. The van der Waals surface area contributed by atoms with Gasteiger partial charge in [0.1, 0.15) is 5.52 Å². The van der Waals surface area contributed by atoms with Crippen molar-refractivity contribution in [2.45, 2.75) is 31.7 Å². The molecule has 40 heavy (non-hydrogen) atoms. The number of carbonyl (C=O) groups excluding carboxylic acids is 1. The molecule has 2 N–H and O–H groups in total. The van der Waals surface area contributed by atoms with Crippen LogP contribution in [0, 0.1) is 10.1 Å². The van der Waals surface area contributed by atoms with Crippen LogP contribution in [0.4, 0.5) is 29.0 Å². The number of carbonyl (C=O) groups is 1. The molecule has 2 aromatic carbocycles. The Morgan fingerprint density at radius 3 is 2.50 bits per heavy atom. The second kappa shape index (κ2) is 10.9. The number of fused-ring (bicyclic) bond motifs is 1. The molecule has 4 aromatic rings. The fourth-order valence-corrected chi connectivity index (χ4v) is 5.43. The van der Waals surface area contributed by atoms with Crippen molar-refractivity contribution in [2.24, 2.45) is 0 Å². The van der Waals surface area contributed by atoms with Crippen LogP contribution < -0.4 is 15.5 Å². The highest BCUT2D eigenvalue weighted by Crippen LogP contribution is 2.35. The molecule has 2 aromatic heterocycles. The third-order valence-electron chi connectivity index (χ3n) is 7.66. The van der Waals surface area contributed by atoms with Crippen LogP contribution in [0.15, 0.2) is 54.7 Å². The maximum atomic E-state index is 13.1. The molecule has 1 aliphatic heterocycles. The molecule has 1 saturated heterocycles. The fourth-order valence-electron chi connectivity index (χ4n) is 5.43. The number of hydrogen-bond donors (Lipinski definition) is 2. The lowest BCUT2D eigenvalue weighted by Crippen LogP contribution is -2.44. The van der Waals surface area contributed by atoms with Crippen LogP contribution in [0.2, 0.25) is 0 Å². The van der Waals surface area contributed by atoms with Gasteiger partial charge in [-0.1, -0.05) is 18.9 Å². The third-order valence-corrected chi connectivity index (χ3v) is 7.66. The molecule has 0 radical (unpaired) electrons. The first-order valence-electron chi connectivity index (χ1n) is 13.6. The van der Waals surface area contributed by atoms with Gasteiger partial charge < -0.3 is 15.1 Å². The van der Waals surface area contributed by atoms with Crippen molar-refractivity contribution in [3.8, 4) is 0 Å². The zero-order valence-electron chi connectivity index (χ0n) is 22.3. The number of imidazole rings is 1. The zero-order valence-corrected chi connectivity index (χ0v) is 22.3. The minimum Gasteiger partial charge on any atom is -0.369 e. The second-order valence-corrected chi connectivity index (χ2v) is 10.4. The van der Waals surface area contributed by atoms with E-state index in [1.165, 1.54) is 23.9 Å². The Hall–Kier alpha value is -4.58. The standard InChI is InChI=1S/C28H31N9O3/c1-34-13-15-35(16-14-34)21-11-9-20(10-12-21)30-27-29-18-24-25(32-27)36(22-6-2-3-7-22)28(31-24)33-26(38)19-5-4-8-23(17-19)37(39)40/h4-5,8-12,17-18,22H,2-3,6-7,13-16H2,1H3,(H,29,30,32)(H,31,33,38). The van der Waals surface area contributed by atoms with E-state index in [1.807, 2.05) is 16.7 Å². The predicted octanol–water partition coefficient (Wildman–Crippen LogP) is 4.60. The Labute approximate surface area is 231 Å². The van der Waals surface area contributed by atoms with Crippen molar-refractivity contribution in [3.63, 3.8) is 0 Å². The highest BCUT2D eigenvalue weighted by atomic mass is 16.6. The number of anilines is 4. The van der Waals surface area contributed by atoms with Gasteiger partial charge in [-0.15, -0.1) is 0 Å². The predicted molar refractivity (Wildman–Crippen MR) is 153 cm³/mol. The van der Waals surface area contributed by atoms with E-state index in [0.29, 0.717) is 23.1 Å². The van der Waals surface area contributed by atoms with Crippen LogP contribution in [0.25, 0.3) is 11.2 Å². The number of benzene rings is 2. The lowest BCUT2D eigenvalue weighted by molar-refractivity contribution is -0.384. The fraction of sp³-hybridized carbons (Fsp3) is 0.357. The first-order chi connectivity index (χ1) is 19.4. The SMILES string of the molecule is CN1CCN(c2ccc(Nc3ncc4nc(NC(=O)c5cccc([N+](=O)[O-])c5)n(C5CCCC5)c4n3)cc2)CC1. The first kappa shape index (κ1) is 25.7. The van der Waals surface area contributed by atoms with Crippen LogP contribution in [0.1, 0.15) is 42.1 Å². The van der Waals surface area contributed by atoms with E-state index in [2.05, 4.69) is 49.6 Å². The first-order valence-corrected chi connectivity index (χ1v) is 13.6. The third kappa shape index (κ3) is 5.30. The van der Waals surface area contributed by atoms with Gasteiger partial charge in [0.25, 0.3) is 11.6 Å². The average molecular weight is 542 g/mol. The highest BCUT2D eigenvalue weighted by Gasteiger charge is 2.26. The van der Waals surface area contributed by atoms with Crippen LogP contribution >= 0.6 is 0 Å². The van der Waals surface area contributed by atoms with Crippen molar-refractivity contribution in [1.82, 2.24) is 24.4 Å². The molecule has 2 fully saturated rings. The van der Waals surface area contributed by atoms with Gasteiger partial charge >= 0.3 is 0 Å². The molecule has 0 spiro atoms. The second-order valence-electron chi connectivity index (χ2n) is 10.4. The monoisotopic (exact) mass is 541 g/mol. The summed E-state index contributed by atoms with van der Waals surface area (Å²) in [5.74, 6) is 0.335. The van der Waals surface area contributed by atoms with Crippen LogP contribution in [0.3, 0.4) is 0 Å². The minimum absolute atomic E-state index is 0.135.